The quantitative estimate of drug-likeness (QED) is 0.790. The lowest BCUT2D eigenvalue weighted by molar-refractivity contribution is -0.118. The van der Waals surface area contributed by atoms with Crippen molar-refractivity contribution in [3.8, 4) is 0 Å². The van der Waals surface area contributed by atoms with Gasteiger partial charge < -0.3 is 10.4 Å². The van der Waals surface area contributed by atoms with Crippen LogP contribution in [0.4, 0.5) is 0 Å². The minimum atomic E-state index is -1.07. The van der Waals surface area contributed by atoms with Gasteiger partial charge in [-0.2, -0.15) is 0 Å². The molecular weight excluding hydrogens is 274 g/mol. The molecule has 0 bridgehead atoms. The summed E-state index contributed by atoms with van der Waals surface area (Å²) in [4.78, 5) is 23.0. The average molecular weight is 288 g/mol. The van der Waals surface area contributed by atoms with Crippen LogP contribution in [-0.2, 0) is 4.79 Å². The molecule has 0 fully saturated rings. The van der Waals surface area contributed by atoms with Gasteiger partial charge in [-0.15, -0.1) is 11.8 Å². The van der Waals surface area contributed by atoms with Gasteiger partial charge in [-0.3, -0.25) is 4.79 Å². The van der Waals surface area contributed by atoms with Crippen LogP contribution in [-0.4, -0.2) is 29.3 Å². The Morgan fingerprint density at radius 1 is 1.44 bits per heavy atom. The zero-order chi connectivity index (χ0) is 13.5. The van der Waals surface area contributed by atoms with Gasteiger partial charge >= 0.3 is 5.97 Å². The van der Waals surface area contributed by atoms with E-state index in [-0.39, 0.29) is 22.2 Å². The lowest BCUT2D eigenvalue weighted by Crippen LogP contribution is -2.25. The van der Waals surface area contributed by atoms with E-state index in [9.17, 15) is 9.59 Å². The Balaban J connectivity index is 2.60. The summed E-state index contributed by atoms with van der Waals surface area (Å²) in [6.07, 6.45) is 0.889. The van der Waals surface area contributed by atoms with Gasteiger partial charge in [-0.25, -0.2) is 4.79 Å². The lowest BCUT2D eigenvalue weighted by atomic mass is 10.2. The summed E-state index contributed by atoms with van der Waals surface area (Å²) in [5.41, 5.74) is 0.0515. The predicted molar refractivity (Wildman–Crippen MR) is 72.4 cm³/mol. The zero-order valence-electron chi connectivity index (χ0n) is 9.90. The van der Waals surface area contributed by atoms with E-state index < -0.39 is 5.97 Å². The van der Waals surface area contributed by atoms with Crippen molar-refractivity contribution in [3.05, 3.63) is 28.8 Å². The maximum atomic E-state index is 11.4. The number of hydrogen-bond donors (Lipinski definition) is 2. The summed E-state index contributed by atoms with van der Waals surface area (Å²) >= 11 is 7.04. The highest BCUT2D eigenvalue weighted by atomic mass is 35.5. The molecule has 0 aliphatic rings. The second kappa shape index (κ2) is 7.28. The third-order valence-electron chi connectivity index (χ3n) is 2.11. The summed E-state index contributed by atoms with van der Waals surface area (Å²) in [6, 6.07) is 4.70. The highest BCUT2D eigenvalue weighted by Crippen LogP contribution is 2.24. The molecule has 0 heterocycles. The van der Waals surface area contributed by atoms with Crippen LogP contribution in [0.5, 0.6) is 0 Å². The topological polar surface area (TPSA) is 66.4 Å². The van der Waals surface area contributed by atoms with Crippen molar-refractivity contribution in [2.24, 2.45) is 0 Å². The van der Waals surface area contributed by atoms with Gasteiger partial charge in [0.05, 0.1) is 16.3 Å². The molecule has 0 saturated heterocycles. The van der Waals surface area contributed by atoms with Gasteiger partial charge in [-0.1, -0.05) is 18.5 Å². The average Bonchev–Trinajstić information content (AvgIpc) is 2.35. The first-order chi connectivity index (χ1) is 8.54. The number of carbonyl (C=O) groups excluding carboxylic acids is 1. The summed E-state index contributed by atoms with van der Waals surface area (Å²) < 4.78 is 0. The number of rotatable bonds is 6. The summed E-state index contributed by atoms with van der Waals surface area (Å²) in [6.45, 7) is 2.63. The fourth-order valence-corrected chi connectivity index (χ4v) is 2.19. The molecule has 6 heteroatoms. The fourth-order valence-electron chi connectivity index (χ4n) is 1.22. The standard InChI is InChI=1S/C12H14ClNO3S/c1-2-5-14-11(15)7-18-8-3-4-10(13)9(6-8)12(16)17/h3-4,6H,2,5,7H2,1H3,(H,14,15)(H,16,17). The largest absolute Gasteiger partial charge is 0.478 e. The Bertz CT molecular complexity index is 451. The minimum Gasteiger partial charge on any atom is -0.478 e. The number of carboxylic acids is 1. The first-order valence-electron chi connectivity index (χ1n) is 5.47. The molecule has 0 radical (unpaired) electrons. The van der Waals surface area contributed by atoms with E-state index in [1.165, 1.54) is 23.9 Å². The predicted octanol–water partition coefficient (Wildman–Crippen LogP) is 2.66. The molecule has 0 unspecified atom stereocenters. The number of hydrogen-bond acceptors (Lipinski definition) is 3. The molecule has 0 atom stereocenters. The monoisotopic (exact) mass is 287 g/mol. The molecule has 0 aromatic heterocycles. The van der Waals surface area contributed by atoms with Crippen LogP contribution in [0.25, 0.3) is 0 Å². The maximum Gasteiger partial charge on any atom is 0.337 e. The van der Waals surface area contributed by atoms with Crippen LogP contribution in [0, 0.1) is 0 Å². The number of carbonyl (C=O) groups is 2. The number of benzene rings is 1. The van der Waals surface area contributed by atoms with E-state index in [0.29, 0.717) is 11.4 Å². The van der Waals surface area contributed by atoms with Crippen LogP contribution in [0.1, 0.15) is 23.7 Å². The van der Waals surface area contributed by atoms with Crippen molar-refractivity contribution in [2.75, 3.05) is 12.3 Å². The second-order valence-corrected chi connectivity index (χ2v) is 5.04. The summed E-state index contributed by atoms with van der Waals surface area (Å²) in [7, 11) is 0. The molecule has 1 aromatic rings. The van der Waals surface area contributed by atoms with Crippen LogP contribution in [0.2, 0.25) is 5.02 Å². The molecule has 0 aliphatic heterocycles. The molecule has 1 aromatic carbocycles. The van der Waals surface area contributed by atoms with Crippen molar-refractivity contribution < 1.29 is 14.7 Å². The molecule has 4 nitrogen and oxygen atoms in total. The van der Waals surface area contributed by atoms with Gasteiger partial charge in [0, 0.05) is 11.4 Å². The summed E-state index contributed by atoms with van der Waals surface area (Å²) in [5, 5.41) is 11.9. The number of halogens is 1. The Morgan fingerprint density at radius 3 is 2.78 bits per heavy atom. The fraction of sp³-hybridized carbons (Fsp3) is 0.333. The van der Waals surface area contributed by atoms with Crippen molar-refractivity contribution in [1.29, 1.82) is 0 Å². The van der Waals surface area contributed by atoms with Crippen LogP contribution in [0.15, 0.2) is 23.1 Å². The smallest absolute Gasteiger partial charge is 0.337 e. The Morgan fingerprint density at radius 2 is 2.17 bits per heavy atom. The number of nitrogens with one attached hydrogen (secondary N) is 1. The number of aromatic carboxylic acids is 1. The molecule has 2 N–H and O–H groups in total. The molecular formula is C12H14ClNO3S. The Kier molecular flexibility index (Phi) is 6.01. The minimum absolute atomic E-state index is 0.0515. The number of thioether (sulfide) groups is 1. The van der Waals surface area contributed by atoms with Gasteiger partial charge in [0.1, 0.15) is 0 Å². The zero-order valence-corrected chi connectivity index (χ0v) is 11.5. The van der Waals surface area contributed by atoms with Gasteiger partial charge in [0.2, 0.25) is 5.91 Å². The molecule has 0 aliphatic carbocycles. The van der Waals surface area contributed by atoms with E-state index in [2.05, 4.69) is 5.32 Å². The lowest BCUT2D eigenvalue weighted by Gasteiger charge is -2.05. The SMILES string of the molecule is CCCNC(=O)CSc1ccc(Cl)c(C(=O)O)c1. The number of carboxylic acid groups (broad SMARTS) is 1. The van der Waals surface area contributed by atoms with E-state index in [0.717, 1.165) is 6.42 Å². The second-order valence-electron chi connectivity index (χ2n) is 3.59. The van der Waals surface area contributed by atoms with Crippen molar-refractivity contribution in [1.82, 2.24) is 5.32 Å². The van der Waals surface area contributed by atoms with Crippen LogP contribution >= 0.6 is 23.4 Å². The van der Waals surface area contributed by atoms with E-state index in [4.69, 9.17) is 16.7 Å². The third kappa shape index (κ3) is 4.58. The van der Waals surface area contributed by atoms with Gasteiger partial charge in [0.15, 0.2) is 0 Å². The van der Waals surface area contributed by atoms with Crippen LogP contribution in [0.3, 0.4) is 0 Å². The molecule has 1 rings (SSSR count). The summed E-state index contributed by atoms with van der Waals surface area (Å²) in [5.74, 6) is -0.868. The normalized spacial score (nSPS) is 10.1. The van der Waals surface area contributed by atoms with Crippen molar-refractivity contribution >= 4 is 35.2 Å². The van der Waals surface area contributed by atoms with E-state index in [1.54, 1.807) is 6.07 Å². The maximum absolute atomic E-state index is 11.4. The molecule has 0 saturated carbocycles. The first kappa shape index (κ1) is 14.9. The Hall–Kier alpha value is -1.20. The first-order valence-corrected chi connectivity index (χ1v) is 6.83. The Labute approximate surface area is 115 Å². The van der Waals surface area contributed by atoms with Crippen molar-refractivity contribution in [2.45, 2.75) is 18.2 Å². The molecule has 98 valence electrons. The molecule has 18 heavy (non-hydrogen) atoms. The highest BCUT2D eigenvalue weighted by Gasteiger charge is 2.10. The molecule has 0 spiro atoms. The van der Waals surface area contributed by atoms with Crippen LogP contribution < -0.4 is 5.32 Å². The number of amides is 1. The van der Waals surface area contributed by atoms with E-state index >= 15 is 0 Å². The van der Waals surface area contributed by atoms with Crippen molar-refractivity contribution in [3.63, 3.8) is 0 Å². The molecule has 1 amide bonds. The van der Waals surface area contributed by atoms with E-state index in [1.807, 2.05) is 6.92 Å². The third-order valence-corrected chi connectivity index (χ3v) is 3.43. The highest BCUT2D eigenvalue weighted by molar-refractivity contribution is 8.00. The van der Waals surface area contributed by atoms with Gasteiger partial charge in [0.25, 0.3) is 0 Å². The van der Waals surface area contributed by atoms with Gasteiger partial charge in [-0.05, 0) is 24.6 Å².